The van der Waals surface area contributed by atoms with Gasteiger partial charge in [0.15, 0.2) is 0 Å². The van der Waals surface area contributed by atoms with Crippen LogP contribution in [-0.4, -0.2) is 0 Å². The first-order chi connectivity index (χ1) is 14.7. The van der Waals surface area contributed by atoms with E-state index in [0.717, 1.165) is 25.0 Å². The van der Waals surface area contributed by atoms with Crippen molar-refractivity contribution >= 4 is 5.69 Å². The minimum absolute atomic E-state index is 0.684. The summed E-state index contributed by atoms with van der Waals surface area (Å²) in [5, 5.41) is 0. The second kappa shape index (κ2) is 7.72. The molecule has 2 nitrogen and oxygen atoms in total. The van der Waals surface area contributed by atoms with Gasteiger partial charge in [-0.2, -0.15) is 0 Å². The fourth-order valence-electron chi connectivity index (χ4n) is 4.39. The van der Waals surface area contributed by atoms with E-state index < -0.39 is 0 Å². The highest BCUT2D eigenvalue weighted by atomic mass is 16.5. The molecule has 2 heteroatoms. The van der Waals surface area contributed by atoms with Gasteiger partial charge in [0, 0.05) is 0 Å². The molecule has 5 rings (SSSR count). The van der Waals surface area contributed by atoms with Crippen molar-refractivity contribution in [1.82, 2.24) is 0 Å². The molecule has 0 bridgehead atoms. The van der Waals surface area contributed by atoms with Crippen LogP contribution < -0.4 is 10.5 Å². The third-order valence-corrected chi connectivity index (χ3v) is 5.86. The normalized spacial score (nSPS) is 11.8. The fraction of sp³-hybridized carbons (Fsp3) is 0.143. The molecule has 4 aromatic rings. The van der Waals surface area contributed by atoms with Gasteiger partial charge >= 0.3 is 0 Å². The molecular formula is C28H25NO. The standard InChI is InChI=1S/C28H25NO/c1-2-6-19-11-16-28(27(29)17-19)30-22-14-12-20(13-15-22)23-9-5-10-25-24-8-4-3-7-21(24)18-26(23)25/h3-5,7-17H,2,6,18,29H2,1H3. The van der Waals surface area contributed by atoms with Gasteiger partial charge in [-0.1, -0.05) is 74.0 Å². The summed E-state index contributed by atoms with van der Waals surface area (Å²) in [7, 11) is 0. The van der Waals surface area contributed by atoms with Crippen LogP contribution in [0.5, 0.6) is 11.5 Å². The zero-order valence-corrected chi connectivity index (χ0v) is 17.2. The lowest BCUT2D eigenvalue weighted by molar-refractivity contribution is 0.485. The molecule has 0 saturated carbocycles. The van der Waals surface area contributed by atoms with Crippen LogP contribution in [0.4, 0.5) is 5.69 Å². The van der Waals surface area contributed by atoms with Crippen molar-refractivity contribution in [3.05, 3.63) is 102 Å². The Bertz CT molecular complexity index is 1210. The summed E-state index contributed by atoms with van der Waals surface area (Å²) in [6, 6.07) is 29.7. The lowest BCUT2D eigenvalue weighted by Crippen LogP contribution is -1.94. The minimum atomic E-state index is 0.684. The molecular weight excluding hydrogens is 366 g/mol. The highest BCUT2D eigenvalue weighted by Gasteiger charge is 2.20. The van der Waals surface area contributed by atoms with Crippen LogP contribution in [0.3, 0.4) is 0 Å². The van der Waals surface area contributed by atoms with Gasteiger partial charge in [0.05, 0.1) is 5.69 Å². The molecule has 0 saturated heterocycles. The minimum Gasteiger partial charge on any atom is -0.455 e. The Kier molecular flexibility index (Phi) is 4.76. The van der Waals surface area contributed by atoms with Crippen molar-refractivity contribution in [2.45, 2.75) is 26.2 Å². The van der Waals surface area contributed by atoms with Crippen LogP contribution in [0.25, 0.3) is 22.3 Å². The Hall–Kier alpha value is -3.52. The highest BCUT2D eigenvalue weighted by Crippen LogP contribution is 2.41. The number of benzene rings is 4. The van der Waals surface area contributed by atoms with Gasteiger partial charge in [-0.15, -0.1) is 0 Å². The van der Waals surface area contributed by atoms with Gasteiger partial charge < -0.3 is 10.5 Å². The fourth-order valence-corrected chi connectivity index (χ4v) is 4.39. The quantitative estimate of drug-likeness (QED) is 0.320. The highest BCUT2D eigenvalue weighted by molar-refractivity contribution is 5.84. The molecule has 0 aromatic heterocycles. The number of hydrogen-bond donors (Lipinski definition) is 1. The number of hydrogen-bond acceptors (Lipinski definition) is 2. The van der Waals surface area contributed by atoms with E-state index in [0.29, 0.717) is 11.4 Å². The Morgan fingerprint density at radius 3 is 2.37 bits per heavy atom. The summed E-state index contributed by atoms with van der Waals surface area (Å²) >= 11 is 0. The third-order valence-electron chi connectivity index (χ3n) is 5.86. The molecule has 0 heterocycles. The Labute approximate surface area is 178 Å². The van der Waals surface area contributed by atoms with Crippen LogP contribution in [0.2, 0.25) is 0 Å². The van der Waals surface area contributed by atoms with Crippen molar-refractivity contribution in [1.29, 1.82) is 0 Å². The monoisotopic (exact) mass is 391 g/mol. The van der Waals surface area contributed by atoms with E-state index in [4.69, 9.17) is 10.5 Å². The average molecular weight is 392 g/mol. The van der Waals surface area contributed by atoms with Gasteiger partial charge in [-0.3, -0.25) is 0 Å². The van der Waals surface area contributed by atoms with Crippen molar-refractivity contribution in [2.24, 2.45) is 0 Å². The van der Waals surface area contributed by atoms with Crippen molar-refractivity contribution in [2.75, 3.05) is 5.73 Å². The van der Waals surface area contributed by atoms with E-state index >= 15 is 0 Å². The summed E-state index contributed by atoms with van der Waals surface area (Å²) in [4.78, 5) is 0. The lowest BCUT2D eigenvalue weighted by atomic mass is 9.96. The first kappa shape index (κ1) is 18.5. The molecule has 0 atom stereocenters. The van der Waals surface area contributed by atoms with E-state index in [2.05, 4.69) is 67.6 Å². The number of rotatable bonds is 5. The van der Waals surface area contributed by atoms with E-state index in [-0.39, 0.29) is 0 Å². The van der Waals surface area contributed by atoms with Gasteiger partial charge in [-0.05, 0) is 76.1 Å². The largest absolute Gasteiger partial charge is 0.455 e. The Balaban J connectivity index is 1.41. The molecule has 4 aromatic carbocycles. The van der Waals surface area contributed by atoms with Gasteiger partial charge in [0.2, 0.25) is 0 Å². The number of nitrogen functional groups attached to an aromatic ring is 1. The molecule has 2 N–H and O–H groups in total. The maximum Gasteiger partial charge on any atom is 0.150 e. The second-order valence-electron chi connectivity index (χ2n) is 7.91. The first-order valence-electron chi connectivity index (χ1n) is 10.6. The summed E-state index contributed by atoms with van der Waals surface area (Å²) in [6.45, 7) is 2.17. The van der Waals surface area contributed by atoms with Crippen molar-refractivity contribution < 1.29 is 4.74 Å². The smallest absolute Gasteiger partial charge is 0.150 e. The summed E-state index contributed by atoms with van der Waals surface area (Å²) in [5.41, 5.74) is 16.1. The summed E-state index contributed by atoms with van der Waals surface area (Å²) in [6.07, 6.45) is 3.13. The van der Waals surface area contributed by atoms with Gasteiger partial charge in [0.1, 0.15) is 11.5 Å². The second-order valence-corrected chi connectivity index (χ2v) is 7.91. The van der Waals surface area contributed by atoms with Gasteiger partial charge in [0.25, 0.3) is 0 Å². The predicted octanol–water partition coefficient (Wildman–Crippen LogP) is 7.25. The summed E-state index contributed by atoms with van der Waals surface area (Å²) < 4.78 is 6.05. The molecule has 1 aliphatic carbocycles. The van der Waals surface area contributed by atoms with Crippen LogP contribution in [0.1, 0.15) is 30.0 Å². The SMILES string of the molecule is CCCc1ccc(Oc2ccc(-c3cccc4c3Cc3ccccc3-4)cc2)c(N)c1. The number of nitrogens with two attached hydrogens (primary N) is 1. The zero-order chi connectivity index (χ0) is 20.5. The van der Waals surface area contributed by atoms with Crippen LogP contribution in [0, 0.1) is 0 Å². The van der Waals surface area contributed by atoms with Crippen molar-refractivity contribution in [3.8, 4) is 33.8 Å². The number of ether oxygens (including phenoxy) is 1. The van der Waals surface area contributed by atoms with Gasteiger partial charge in [-0.25, -0.2) is 0 Å². The lowest BCUT2D eigenvalue weighted by Gasteiger charge is -2.12. The molecule has 0 unspecified atom stereocenters. The van der Waals surface area contributed by atoms with E-state index in [1.807, 2.05) is 24.3 Å². The maximum absolute atomic E-state index is 6.20. The molecule has 0 radical (unpaired) electrons. The molecule has 0 spiro atoms. The first-order valence-corrected chi connectivity index (χ1v) is 10.6. The Morgan fingerprint density at radius 2 is 1.57 bits per heavy atom. The van der Waals surface area contributed by atoms with E-state index in [1.54, 1.807) is 0 Å². The molecule has 0 fully saturated rings. The van der Waals surface area contributed by atoms with Crippen LogP contribution in [0.15, 0.2) is 84.9 Å². The predicted molar refractivity (Wildman–Crippen MR) is 125 cm³/mol. The van der Waals surface area contributed by atoms with E-state index in [1.165, 1.54) is 38.9 Å². The zero-order valence-electron chi connectivity index (χ0n) is 17.2. The number of aryl methyl sites for hydroxylation is 1. The third kappa shape index (κ3) is 3.35. The Morgan fingerprint density at radius 1 is 0.800 bits per heavy atom. The summed E-state index contributed by atoms with van der Waals surface area (Å²) in [5.74, 6) is 1.50. The van der Waals surface area contributed by atoms with Crippen molar-refractivity contribution in [3.63, 3.8) is 0 Å². The average Bonchev–Trinajstić information content (AvgIpc) is 3.15. The molecule has 1 aliphatic rings. The molecule has 148 valence electrons. The number of anilines is 1. The van der Waals surface area contributed by atoms with E-state index in [9.17, 15) is 0 Å². The maximum atomic E-state index is 6.20. The van der Waals surface area contributed by atoms with Crippen LogP contribution in [-0.2, 0) is 12.8 Å². The number of fused-ring (bicyclic) bond motifs is 3. The molecule has 30 heavy (non-hydrogen) atoms. The molecule has 0 amide bonds. The molecule has 0 aliphatic heterocycles. The topological polar surface area (TPSA) is 35.2 Å². The van der Waals surface area contributed by atoms with Crippen LogP contribution >= 0.6 is 0 Å².